The molecule has 2 N–H and O–H groups in total. The van der Waals surface area contributed by atoms with E-state index in [4.69, 9.17) is 5.73 Å². The SMILES string of the molecule is CCCSc1nc(N)c2c(n1)N(Cc1ccc(C)nc1)C(=O)C2. The standard InChI is InChI=1S/C16H19N5OS/c1-3-6-23-16-19-14(17)12-7-13(22)21(15(12)20-16)9-11-5-4-10(2)18-8-11/h4-5,8H,3,6-7,9H2,1-2H3,(H2,17,19,20). The van der Waals surface area contributed by atoms with Gasteiger partial charge in [-0.3, -0.25) is 14.7 Å². The van der Waals surface area contributed by atoms with Gasteiger partial charge >= 0.3 is 0 Å². The number of aromatic nitrogens is 3. The van der Waals surface area contributed by atoms with E-state index in [0.29, 0.717) is 23.3 Å². The van der Waals surface area contributed by atoms with Gasteiger partial charge in [0.25, 0.3) is 0 Å². The van der Waals surface area contributed by atoms with E-state index >= 15 is 0 Å². The van der Waals surface area contributed by atoms with Gasteiger partial charge in [0.1, 0.15) is 11.6 Å². The van der Waals surface area contributed by atoms with Crippen LogP contribution in [0.4, 0.5) is 11.6 Å². The van der Waals surface area contributed by atoms with Crippen LogP contribution in [0, 0.1) is 6.92 Å². The molecule has 1 aliphatic rings. The lowest BCUT2D eigenvalue weighted by Crippen LogP contribution is -2.26. The van der Waals surface area contributed by atoms with Crippen molar-refractivity contribution in [2.24, 2.45) is 0 Å². The Hall–Kier alpha value is -2.15. The quantitative estimate of drug-likeness (QED) is 0.669. The summed E-state index contributed by atoms with van der Waals surface area (Å²) in [4.78, 5) is 27.2. The zero-order valence-corrected chi connectivity index (χ0v) is 14.1. The summed E-state index contributed by atoms with van der Waals surface area (Å²) in [7, 11) is 0. The van der Waals surface area contributed by atoms with Crippen molar-refractivity contribution in [2.75, 3.05) is 16.4 Å². The lowest BCUT2D eigenvalue weighted by Gasteiger charge is -2.17. The summed E-state index contributed by atoms with van der Waals surface area (Å²) in [5, 5.41) is 0.629. The third-order valence-corrected chi connectivity index (χ3v) is 4.68. The maximum absolute atomic E-state index is 12.4. The monoisotopic (exact) mass is 329 g/mol. The molecule has 1 amide bonds. The van der Waals surface area contributed by atoms with Gasteiger partial charge in [-0.15, -0.1) is 0 Å². The van der Waals surface area contributed by atoms with E-state index in [0.717, 1.165) is 29.0 Å². The third-order valence-electron chi connectivity index (χ3n) is 3.63. The molecule has 3 rings (SSSR count). The lowest BCUT2D eigenvalue weighted by molar-refractivity contribution is -0.117. The summed E-state index contributed by atoms with van der Waals surface area (Å²) < 4.78 is 0. The van der Waals surface area contributed by atoms with E-state index in [1.165, 1.54) is 0 Å². The fourth-order valence-corrected chi connectivity index (χ4v) is 3.12. The van der Waals surface area contributed by atoms with Gasteiger partial charge in [-0.25, -0.2) is 9.97 Å². The molecular formula is C16H19N5OS. The predicted molar refractivity (Wildman–Crippen MR) is 91.3 cm³/mol. The van der Waals surface area contributed by atoms with E-state index in [-0.39, 0.29) is 12.3 Å². The predicted octanol–water partition coefficient (Wildman–Crippen LogP) is 2.35. The molecule has 6 nitrogen and oxygen atoms in total. The van der Waals surface area contributed by atoms with Crippen molar-refractivity contribution in [1.29, 1.82) is 0 Å². The fourth-order valence-electron chi connectivity index (χ4n) is 2.42. The van der Waals surface area contributed by atoms with Crippen LogP contribution in [0.15, 0.2) is 23.5 Å². The molecule has 0 saturated carbocycles. The van der Waals surface area contributed by atoms with Crippen LogP contribution in [0.5, 0.6) is 0 Å². The Morgan fingerprint density at radius 2 is 2.17 bits per heavy atom. The van der Waals surface area contributed by atoms with Crippen molar-refractivity contribution < 1.29 is 4.79 Å². The number of nitrogen functional groups attached to an aromatic ring is 1. The zero-order chi connectivity index (χ0) is 16.4. The van der Waals surface area contributed by atoms with Crippen LogP contribution in [-0.4, -0.2) is 26.6 Å². The number of thioether (sulfide) groups is 1. The number of pyridine rings is 1. The van der Waals surface area contributed by atoms with Gasteiger partial charge < -0.3 is 5.73 Å². The Morgan fingerprint density at radius 3 is 2.87 bits per heavy atom. The van der Waals surface area contributed by atoms with E-state index in [1.807, 2.05) is 19.1 Å². The Morgan fingerprint density at radius 1 is 1.35 bits per heavy atom. The largest absolute Gasteiger partial charge is 0.383 e. The van der Waals surface area contributed by atoms with Crippen LogP contribution in [-0.2, 0) is 17.8 Å². The lowest BCUT2D eigenvalue weighted by atomic mass is 10.2. The average molecular weight is 329 g/mol. The van der Waals surface area contributed by atoms with E-state index in [9.17, 15) is 4.79 Å². The molecule has 0 spiro atoms. The van der Waals surface area contributed by atoms with Crippen molar-refractivity contribution in [3.63, 3.8) is 0 Å². The minimum Gasteiger partial charge on any atom is -0.383 e. The Balaban J connectivity index is 1.90. The molecule has 0 fully saturated rings. The molecule has 0 saturated heterocycles. The maximum Gasteiger partial charge on any atom is 0.233 e. The van der Waals surface area contributed by atoms with Crippen LogP contribution in [0.25, 0.3) is 0 Å². The van der Waals surface area contributed by atoms with Crippen molar-refractivity contribution in [1.82, 2.24) is 15.0 Å². The topological polar surface area (TPSA) is 85.0 Å². The number of aryl methyl sites for hydroxylation is 1. The van der Waals surface area contributed by atoms with Crippen molar-refractivity contribution in [3.05, 3.63) is 35.2 Å². The summed E-state index contributed by atoms with van der Waals surface area (Å²) in [5.41, 5.74) is 8.68. The Bertz CT molecular complexity index is 732. The number of nitrogens with two attached hydrogens (primary N) is 1. The fraction of sp³-hybridized carbons (Fsp3) is 0.375. The summed E-state index contributed by atoms with van der Waals surface area (Å²) in [5.74, 6) is 1.97. The first-order chi connectivity index (χ1) is 11.1. The molecule has 2 aromatic heterocycles. The molecule has 0 aliphatic carbocycles. The molecule has 3 heterocycles. The van der Waals surface area contributed by atoms with E-state index < -0.39 is 0 Å². The van der Waals surface area contributed by atoms with Gasteiger partial charge in [0.15, 0.2) is 5.16 Å². The average Bonchev–Trinajstić information content (AvgIpc) is 2.84. The van der Waals surface area contributed by atoms with Crippen LogP contribution >= 0.6 is 11.8 Å². The second-order valence-corrected chi connectivity index (χ2v) is 6.57. The Kier molecular flexibility index (Phi) is 4.47. The number of amides is 1. The second-order valence-electron chi connectivity index (χ2n) is 5.51. The Labute approximate surface area is 139 Å². The molecular weight excluding hydrogens is 310 g/mol. The number of carbonyl (C=O) groups excluding carboxylic acids is 1. The molecule has 1 aliphatic heterocycles. The molecule has 120 valence electrons. The van der Waals surface area contributed by atoms with Gasteiger partial charge in [0.2, 0.25) is 5.91 Å². The van der Waals surface area contributed by atoms with E-state index in [1.54, 1.807) is 22.9 Å². The number of nitrogens with zero attached hydrogens (tertiary/aromatic N) is 4. The van der Waals surface area contributed by atoms with E-state index in [2.05, 4.69) is 21.9 Å². The van der Waals surface area contributed by atoms with Crippen molar-refractivity contribution in [2.45, 2.75) is 38.4 Å². The smallest absolute Gasteiger partial charge is 0.233 e. The highest BCUT2D eigenvalue weighted by molar-refractivity contribution is 7.99. The molecule has 0 radical (unpaired) electrons. The third kappa shape index (κ3) is 3.29. The number of fused-ring (bicyclic) bond motifs is 1. The van der Waals surface area contributed by atoms with Crippen LogP contribution in [0.2, 0.25) is 0 Å². The molecule has 0 unspecified atom stereocenters. The molecule has 0 aromatic carbocycles. The molecule has 2 aromatic rings. The van der Waals surface area contributed by atoms with Gasteiger partial charge in [-0.2, -0.15) is 0 Å². The first-order valence-corrected chi connectivity index (χ1v) is 8.58. The molecule has 23 heavy (non-hydrogen) atoms. The number of rotatable bonds is 5. The first-order valence-electron chi connectivity index (χ1n) is 7.59. The van der Waals surface area contributed by atoms with Gasteiger partial charge in [-0.1, -0.05) is 24.8 Å². The minimum atomic E-state index is -0.000725. The number of carbonyl (C=O) groups is 1. The number of hydrogen-bond acceptors (Lipinski definition) is 6. The molecule has 7 heteroatoms. The zero-order valence-electron chi connectivity index (χ0n) is 13.2. The minimum absolute atomic E-state index is 0.000725. The van der Waals surface area contributed by atoms with Crippen LogP contribution in [0.1, 0.15) is 30.2 Å². The number of hydrogen-bond donors (Lipinski definition) is 1. The second kappa shape index (κ2) is 6.54. The normalized spacial score (nSPS) is 13.5. The molecule has 0 atom stereocenters. The highest BCUT2D eigenvalue weighted by Crippen LogP contribution is 2.33. The van der Waals surface area contributed by atoms with Gasteiger partial charge in [0, 0.05) is 23.2 Å². The van der Waals surface area contributed by atoms with Gasteiger partial charge in [-0.05, 0) is 25.0 Å². The van der Waals surface area contributed by atoms with Gasteiger partial charge in [0.05, 0.1) is 13.0 Å². The van der Waals surface area contributed by atoms with Crippen molar-refractivity contribution in [3.8, 4) is 0 Å². The van der Waals surface area contributed by atoms with Crippen LogP contribution < -0.4 is 10.6 Å². The summed E-state index contributed by atoms with van der Waals surface area (Å²) in [6.07, 6.45) is 3.08. The summed E-state index contributed by atoms with van der Waals surface area (Å²) >= 11 is 1.56. The highest BCUT2D eigenvalue weighted by Gasteiger charge is 2.32. The first kappa shape index (κ1) is 15.7. The maximum atomic E-state index is 12.4. The van der Waals surface area contributed by atoms with Crippen LogP contribution in [0.3, 0.4) is 0 Å². The molecule has 0 bridgehead atoms. The van der Waals surface area contributed by atoms with Crippen molar-refractivity contribution >= 4 is 29.3 Å². The highest BCUT2D eigenvalue weighted by atomic mass is 32.2. The number of anilines is 2. The summed E-state index contributed by atoms with van der Waals surface area (Å²) in [6, 6.07) is 3.92. The summed E-state index contributed by atoms with van der Waals surface area (Å²) in [6.45, 7) is 4.49.